The zero-order chi connectivity index (χ0) is 14.4. The number of ether oxygens (including phenoxy) is 2. The summed E-state index contributed by atoms with van der Waals surface area (Å²) in [5.41, 5.74) is 6.07. The summed E-state index contributed by atoms with van der Waals surface area (Å²) < 4.78 is 10.3. The summed E-state index contributed by atoms with van der Waals surface area (Å²) in [5, 5.41) is 2.92. The Morgan fingerprint density at radius 2 is 2.00 bits per heavy atom. The van der Waals surface area contributed by atoms with E-state index in [0.717, 1.165) is 0 Å². The van der Waals surface area contributed by atoms with Gasteiger partial charge in [-0.3, -0.25) is 4.79 Å². The van der Waals surface area contributed by atoms with Gasteiger partial charge in [0, 0.05) is 12.1 Å². The number of benzene rings is 1. The topological polar surface area (TPSA) is 73.6 Å². The molecule has 0 saturated heterocycles. The maximum Gasteiger partial charge on any atom is 0.255 e. The van der Waals surface area contributed by atoms with Gasteiger partial charge in [-0.05, 0) is 31.5 Å². The van der Waals surface area contributed by atoms with Gasteiger partial charge in [-0.15, -0.1) is 0 Å². The van der Waals surface area contributed by atoms with E-state index in [4.69, 9.17) is 15.2 Å². The first-order valence-electron chi connectivity index (χ1n) is 6.26. The highest BCUT2D eigenvalue weighted by molar-refractivity contribution is 5.97. The molecule has 5 heteroatoms. The first-order valence-corrected chi connectivity index (χ1v) is 6.26. The van der Waals surface area contributed by atoms with Crippen LogP contribution in [0.2, 0.25) is 0 Å². The van der Waals surface area contributed by atoms with Gasteiger partial charge in [0.1, 0.15) is 11.5 Å². The Kier molecular flexibility index (Phi) is 5.63. The van der Waals surface area contributed by atoms with E-state index in [9.17, 15) is 4.79 Å². The average molecular weight is 266 g/mol. The van der Waals surface area contributed by atoms with E-state index < -0.39 is 0 Å². The summed E-state index contributed by atoms with van der Waals surface area (Å²) in [6.45, 7) is 4.46. The molecule has 5 nitrogen and oxygen atoms in total. The number of amides is 1. The lowest BCUT2D eigenvalue weighted by Crippen LogP contribution is -2.39. The summed E-state index contributed by atoms with van der Waals surface area (Å²) in [5.74, 6) is 1.18. The molecule has 0 aliphatic carbocycles. The molecule has 19 heavy (non-hydrogen) atoms. The van der Waals surface area contributed by atoms with Gasteiger partial charge in [0.05, 0.1) is 19.8 Å². The van der Waals surface area contributed by atoms with Crippen molar-refractivity contribution in [3.8, 4) is 11.5 Å². The fourth-order valence-electron chi connectivity index (χ4n) is 1.62. The van der Waals surface area contributed by atoms with E-state index in [0.29, 0.717) is 23.6 Å². The summed E-state index contributed by atoms with van der Waals surface area (Å²) in [6.07, 6.45) is 0. The number of methoxy groups -OCH3 is 2. The van der Waals surface area contributed by atoms with Crippen molar-refractivity contribution in [1.29, 1.82) is 0 Å². The molecule has 1 aromatic carbocycles. The van der Waals surface area contributed by atoms with E-state index in [2.05, 4.69) is 5.32 Å². The Labute approximate surface area is 114 Å². The molecule has 2 unspecified atom stereocenters. The molecular formula is C14H22N2O3. The third kappa shape index (κ3) is 3.86. The fraction of sp³-hybridized carbons (Fsp3) is 0.500. The highest BCUT2D eigenvalue weighted by atomic mass is 16.5. The number of nitrogens with one attached hydrogen (secondary N) is 1. The predicted molar refractivity (Wildman–Crippen MR) is 74.7 cm³/mol. The van der Waals surface area contributed by atoms with Crippen molar-refractivity contribution < 1.29 is 14.3 Å². The first-order chi connectivity index (χ1) is 9.03. The van der Waals surface area contributed by atoms with Crippen LogP contribution in [-0.4, -0.2) is 32.7 Å². The number of carbonyl (C=O) groups excluding carboxylic acids is 1. The number of nitrogens with two attached hydrogens (primary N) is 1. The molecule has 2 atom stereocenters. The first kappa shape index (κ1) is 15.3. The second kappa shape index (κ2) is 6.99. The van der Waals surface area contributed by atoms with E-state index in [1.165, 1.54) is 7.11 Å². The highest BCUT2D eigenvalue weighted by Crippen LogP contribution is 2.24. The Hall–Kier alpha value is -1.75. The number of rotatable bonds is 6. The lowest BCUT2D eigenvalue weighted by Gasteiger charge is -2.20. The molecule has 0 radical (unpaired) electrons. The molecule has 1 amide bonds. The predicted octanol–water partition coefficient (Wildman–Crippen LogP) is 1.42. The van der Waals surface area contributed by atoms with Crippen LogP contribution in [0.5, 0.6) is 11.5 Å². The highest BCUT2D eigenvalue weighted by Gasteiger charge is 2.18. The molecule has 0 fully saturated rings. The van der Waals surface area contributed by atoms with Crippen molar-refractivity contribution in [3.05, 3.63) is 23.8 Å². The van der Waals surface area contributed by atoms with Gasteiger partial charge in [0.15, 0.2) is 0 Å². The summed E-state index contributed by atoms with van der Waals surface area (Å²) in [6, 6.07) is 5.11. The van der Waals surface area contributed by atoms with Crippen LogP contribution in [0.15, 0.2) is 18.2 Å². The average Bonchev–Trinajstić information content (AvgIpc) is 2.45. The summed E-state index contributed by atoms with van der Waals surface area (Å²) in [7, 11) is 3.09. The zero-order valence-corrected chi connectivity index (χ0v) is 11.9. The van der Waals surface area contributed by atoms with E-state index in [-0.39, 0.29) is 17.9 Å². The van der Waals surface area contributed by atoms with Crippen molar-refractivity contribution in [2.75, 3.05) is 20.8 Å². The minimum Gasteiger partial charge on any atom is -0.497 e. The van der Waals surface area contributed by atoms with Crippen LogP contribution in [0, 0.1) is 5.92 Å². The summed E-state index contributed by atoms with van der Waals surface area (Å²) >= 11 is 0. The van der Waals surface area contributed by atoms with E-state index in [1.54, 1.807) is 25.3 Å². The van der Waals surface area contributed by atoms with Gasteiger partial charge >= 0.3 is 0 Å². The maximum atomic E-state index is 12.2. The Bertz CT molecular complexity index is 435. The van der Waals surface area contributed by atoms with Crippen LogP contribution >= 0.6 is 0 Å². The molecule has 0 aromatic heterocycles. The molecule has 0 heterocycles. The fourth-order valence-corrected chi connectivity index (χ4v) is 1.62. The van der Waals surface area contributed by atoms with Crippen LogP contribution in [0.4, 0.5) is 0 Å². The van der Waals surface area contributed by atoms with Crippen LogP contribution in [0.25, 0.3) is 0 Å². The normalized spacial score (nSPS) is 13.5. The largest absolute Gasteiger partial charge is 0.497 e. The monoisotopic (exact) mass is 266 g/mol. The van der Waals surface area contributed by atoms with Crippen molar-refractivity contribution >= 4 is 5.91 Å². The third-order valence-corrected chi connectivity index (χ3v) is 3.24. The van der Waals surface area contributed by atoms with Crippen LogP contribution in [-0.2, 0) is 0 Å². The minimum atomic E-state index is -0.174. The molecule has 0 aliphatic rings. The SMILES string of the molecule is COc1ccc(C(=O)NC(C)C(C)CN)c(OC)c1. The minimum absolute atomic E-state index is 0.00399. The molecule has 0 saturated carbocycles. The second-order valence-electron chi connectivity index (χ2n) is 4.54. The Balaban J connectivity index is 2.87. The van der Waals surface area contributed by atoms with Gasteiger partial charge in [0.25, 0.3) is 5.91 Å². The van der Waals surface area contributed by atoms with Crippen LogP contribution in [0.3, 0.4) is 0 Å². The molecule has 0 aliphatic heterocycles. The van der Waals surface area contributed by atoms with Crippen molar-refractivity contribution in [2.45, 2.75) is 19.9 Å². The van der Waals surface area contributed by atoms with Crippen molar-refractivity contribution in [3.63, 3.8) is 0 Å². The zero-order valence-electron chi connectivity index (χ0n) is 11.9. The van der Waals surface area contributed by atoms with E-state index >= 15 is 0 Å². The van der Waals surface area contributed by atoms with Gasteiger partial charge in [-0.1, -0.05) is 6.92 Å². The molecule has 0 spiro atoms. The molecular weight excluding hydrogens is 244 g/mol. The molecule has 3 N–H and O–H groups in total. The standard InChI is InChI=1S/C14H22N2O3/c1-9(8-15)10(2)16-14(17)12-6-5-11(18-3)7-13(12)19-4/h5-7,9-10H,8,15H2,1-4H3,(H,16,17). The van der Waals surface area contributed by atoms with Gasteiger partial charge in [-0.2, -0.15) is 0 Å². The van der Waals surface area contributed by atoms with Crippen molar-refractivity contribution in [1.82, 2.24) is 5.32 Å². The molecule has 106 valence electrons. The quantitative estimate of drug-likeness (QED) is 0.816. The van der Waals surface area contributed by atoms with Crippen molar-refractivity contribution in [2.24, 2.45) is 11.7 Å². The lowest BCUT2D eigenvalue weighted by atomic mass is 10.0. The maximum absolute atomic E-state index is 12.2. The number of carbonyl (C=O) groups is 1. The second-order valence-corrected chi connectivity index (χ2v) is 4.54. The van der Waals surface area contributed by atoms with Crippen LogP contribution in [0.1, 0.15) is 24.2 Å². The van der Waals surface area contributed by atoms with Gasteiger partial charge in [-0.25, -0.2) is 0 Å². The lowest BCUT2D eigenvalue weighted by molar-refractivity contribution is 0.0926. The summed E-state index contributed by atoms with van der Waals surface area (Å²) in [4.78, 5) is 12.2. The van der Waals surface area contributed by atoms with Gasteiger partial charge in [0.2, 0.25) is 0 Å². The smallest absolute Gasteiger partial charge is 0.255 e. The molecule has 1 aromatic rings. The molecule has 1 rings (SSSR count). The Morgan fingerprint density at radius 1 is 1.32 bits per heavy atom. The third-order valence-electron chi connectivity index (χ3n) is 3.24. The number of hydrogen-bond donors (Lipinski definition) is 2. The molecule has 0 bridgehead atoms. The van der Waals surface area contributed by atoms with Gasteiger partial charge < -0.3 is 20.5 Å². The Morgan fingerprint density at radius 3 is 2.53 bits per heavy atom. The van der Waals surface area contributed by atoms with E-state index in [1.807, 2.05) is 13.8 Å². The van der Waals surface area contributed by atoms with Crippen LogP contribution < -0.4 is 20.5 Å². The number of hydrogen-bond acceptors (Lipinski definition) is 4.